The number of benzene rings is 3. The van der Waals surface area contributed by atoms with E-state index in [-0.39, 0.29) is 18.4 Å². The van der Waals surface area contributed by atoms with Crippen molar-refractivity contribution in [2.24, 2.45) is 11.8 Å². The monoisotopic (exact) mass is 1600 g/mol. The van der Waals surface area contributed by atoms with Gasteiger partial charge in [-0.1, -0.05) is 134 Å². The second-order valence-corrected chi connectivity index (χ2v) is 26.3. The van der Waals surface area contributed by atoms with Crippen LogP contribution in [0.4, 0.5) is 0 Å². The summed E-state index contributed by atoms with van der Waals surface area (Å²) in [4.78, 5) is 11.3. The average Bonchev–Trinajstić information content (AvgIpc) is 0.773. The molecule has 112 heavy (non-hydrogen) atoms. The number of carbonyl (C=O) groups is 1. The van der Waals surface area contributed by atoms with E-state index in [4.69, 9.17) is 123 Å². The van der Waals surface area contributed by atoms with Crippen LogP contribution in [0.3, 0.4) is 0 Å². The molecule has 4 unspecified atom stereocenters. The topological polar surface area (TPSA) is 257 Å². The number of hydrogen-bond acceptors (Lipinski definition) is 27. The Labute approximate surface area is 670 Å². The predicted molar refractivity (Wildman–Crippen MR) is 427 cm³/mol. The fourth-order valence-electron chi connectivity index (χ4n) is 11.2. The maximum Gasteiger partial charge on any atom is 0.333 e. The summed E-state index contributed by atoms with van der Waals surface area (Å²) in [6.45, 7) is 42.4. The number of rotatable bonds is 86. The van der Waals surface area contributed by atoms with E-state index in [1.54, 1.807) is 6.92 Å². The summed E-state index contributed by atoms with van der Waals surface area (Å²) in [5, 5.41) is 0. The third-order valence-electron chi connectivity index (χ3n) is 17.0. The van der Waals surface area contributed by atoms with Crippen molar-refractivity contribution in [1.82, 2.24) is 0 Å². The van der Waals surface area contributed by atoms with Gasteiger partial charge in [-0.05, 0) is 41.4 Å². The van der Waals surface area contributed by atoms with Gasteiger partial charge >= 0.3 is 5.97 Å². The molecule has 0 N–H and O–H groups in total. The molecule has 0 aliphatic rings. The van der Waals surface area contributed by atoms with E-state index in [1.807, 2.05) is 0 Å². The molecule has 0 radical (unpaired) electrons. The second-order valence-electron chi connectivity index (χ2n) is 26.3. The van der Waals surface area contributed by atoms with Gasteiger partial charge in [-0.25, -0.2) is 4.79 Å². The van der Waals surface area contributed by atoms with E-state index in [1.165, 1.54) is 40.7 Å². The van der Waals surface area contributed by atoms with Crippen molar-refractivity contribution in [1.29, 1.82) is 0 Å². The van der Waals surface area contributed by atoms with Crippen LogP contribution in [0, 0.1) is 11.8 Å². The Morgan fingerprint density at radius 3 is 0.670 bits per heavy atom. The number of carbonyl (C=O) groups excluding carboxylic acids is 1. The fraction of sp³-hybridized carbons (Fsp3) is 0.753. The molecule has 0 heterocycles. The second kappa shape index (κ2) is 76.7. The van der Waals surface area contributed by atoms with Gasteiger partial charge in [0.2, 0.25) is 0 Å². The van der Waals surface area contributed by atoms with Crippen LogP contribution in [0.1, 0.15) is 107 Å². The third kappa shape index (κ3) is 57.7. The van der Waals surface area contributed by atoms with Crippen molar-refractivity contribution < 1.29 is 128 Å². The summed E-state index contributed by atoms with van der Waals surface area (Å²) in [5.74, 6) is 2.33. The van der Waals surface area contributed by atoms with E-state index in [0.29, 0.717) is 347 Å². The summed E-state index contributed by atoms with van der Waals surface area (Å²) in [5.41, 5.74) is 6.77. The zero-order valence-corrected chi connectivity index (χ0v) is 69.3. The molecule has 0 aromatic heterocycles. The van der Waals surface area contributed by atoms with E-state index in [2.05, 4.69) is 121 Å². The normalized spacial score (nSPS) is 12.8. The van der Waals surface area contributed by atoms with Crippen molar-refractivity contribution in [2.45, 2.75) is 79.1 Å². The van der Waals surface area contributed by atoms with Crippen LogP contribution in [0.15, 0.2) is 84.9 Å². The van der Waals surface area contributed by atoms with Crippen molar-refractivity contribution >= 4 is 5.97 Å². The summed E-state index contributed by atoms with van der Waals surface area (Å²) in [6.07, 6.45) is 2.37. The molecular formula is C85H144O27. The van der Waals surface area contributed by atoms with Gasteiger partial charge in [-0.2, -0.15) is 0 Å². The molecule has 0 aliphatic heterocycles. The van der Waals surface area contributed by atoms with Crippen LogP contribution in [0.2, 0.25) is 0 Å². The Morgan fingerprint density at radius 1 is 0.286 bits per heavy atom. The van der Waals surface area contributed by atoms with Crippen molar-refractivity contribution in [2.75, 3.05) is 330 Å². The molecular weight excluding hydrogens is 1450 g/mol. The van der Waals surface area contributed by atoms with Crippen LogP contribution < -0.4 is 4.74 Å². The van der Waals surface area contributed by atoms with Crippen molar-refractivity contribution in [3.63, 3.8) is 0 Å². The van der Waals surface area contributed by atoms with E-state index in [9.17, 15) is 4.79 Å². The SMILES string of the molecule is C=C(C)C(=O)OCCOCCOCCOCCOCCOCCOCCOCCOCCOCCOCCOCCOCCOCCOCCOCCOCCOCCOCCOCCOCCOCCOCCOCCOCCOc1c(C(C)c2ccccc2)cc(C(C(C)C)C(C)CCC)cc1C(C)c1ccccc1. The molecule has 0 saturated heterocycles. The quantitative estimate of drug-likeness (QED) is 0.0289. The van der Waals surface area contributed by atoms with Crippen molar-refractivity contribution in [3.8, 4) is 5.75 Å². The standard InChI is InChI=1S/C85H144O27/c1-9-16-75(6)83(73(2)3)80-71-81(76(7)78-17-12-10-13-18-78)84(82(72-80)77(8)79-19-14-11-15-20-79)111-69-67-109-65-63-107-61-59-105-57-55-103-53-51-101-49-47-99-45-43-97-41-39-95-37-35-93-33-31-91-29-27-89-25-23-87-21-22-88-24-26-90-28-30-92-32-34-94-36-38-96-40-42-98-44-46-100-48-50-102-52-54-104-56-58-106-60-62-108-64-66-110-68-70-112-85(86)74(4)5/h10-15,17-20,71-73,75-77,83H,4,9,16,21-70H2,1-3,5-8H3. The highest BCUT2D eigenvalue weighted by molar-refractivity contribution is 5.86. The Hall–Kier alpha value is -4.29. The molecule has 27 heteroatoms. The fourth-order valence-corrected chi connectivity index (χ4v) is 11.2. The predicted octanol–water partition coefficient (Wildman–Crippen LogP) is 10.1. The van der Waals surface area contributed by atoms with Crippen LogP contribution in [0.5, 0.6) is 5.75 Å². The van der Waals surface area contributed by atoms with Gasteiger partial charge in [0, 0.05) is 28.5 Å². The summed E-state index contributed by atoms with van der Waals surface area (Å²) in [6, 6.07) is 26.4. The first-order valence-corrected chi connectivity index (χ1v) is 40.7. The van der Waals surface area contributed by atoms with Gasteiger partial charge in [0.05, 0.1) is 317 Å². The summed E-state index contributed by atoms with van der Waals surface area (Å²) in [7, 11) is 0. The minimum atomic E-state index is -0.419. The first-order chi connectivity index (χ1) is 55.1. The Kier molecular flexibility index (Phi) is 69.8. The van der Waals surface area contributed by atoms with E-state index < -0.39 is 5.97 Å². The maximum atomic E-state index is 11.3. The van der Waals surface area contributed by atoms with Crippen LogP contribution in [0.25, 0.3) is 0 Å². The average molecular weight is 1600 g/mol. The van der Waals surface area contributed by atoms with Gasteiger partial charge in [0.15, 0.2) is 0 Å². The molecule has 0 fully saturated rings. The molecule has 3 rings (SSSR count). The van der Waals surface area contributed by atoms with Crippen LogP contribution in [-0.2, 0) is 123 Å². The zero-order chi connectivity index (χ0) is 80.1. The van der Waals surface area contributed by atoms with Crippen LogP contribution >= 0.6 is 0 Å². The Morgan fingerprint density at radius 2 is 0.482 bits per heavy atom. The molecule has 0 bridgehead atoms. The number of esters is 1. The van der Waals surface area contributed by atoms with Crippen molar-refractivity contribution in [3.05, 3.63) is 113 Å². The summed E-state index contributed by atoms with van der Waals surface area (Å²) >= 11 is 0. The molecule has 3 aromatic rings. The lowest BCUT2D eigenvalue weighted by Crippen LogP contribution is -2.19. The van der Waals surface area contributed by atoms with Gasteiger partial charge in [-0.15, -0.1) is 0 Å². The molecule has 3 aromatic carbocycles. The molecule has 4 atom stereocenters. The Balaban J connectivity index is 0.939. The largest absolute Gasteiger partial charge is 0.491 e. The smallest absolute Gasteiger partial charge is 0.333 e. The van der Waals surface area contributed by atoms with Gasteiger partial charge in [0.25, 0.3) is 0 Å². The first kappa shape index (κ1) is 102. The van der Waals surface area contributed by atoms with Gasteiger partial charge in [-0.3, -0.25) is 0 Å². The number of hydrogen-bond donors (Lipinski definition) is 0. The third-order valence-corrected chi connectivity index (χ3v) is 17.0. The molecule has 646 valence electrons. The lowest BCUT2D eigenvalue weighted by Gasteiger charge is -2.32. The van der Waals surface area contributed by atoms with Gasteiger partial charge < -0.3 is 123 Å². The molecule has 0 aliphatic carbocycles. The summed E-state index contributed by atoms with van der Waals surface area (Å²) < 4.78 is 145. The minimum Gasteiger partial charge on any atom is -0.491 e. The van der Waals surface area contributed by atoms with E-state index in [0.717, 1.165) is 5.75 Å². The molecule has 0 spiro atoms. The highest BCUT2D eigenvalue weighted by atomic mass is 16.6. The van der Waals surface area contributed by atoms with E-state index >= 15 is 0 Å². The molecule has 0 amide bonds. The Bertz CT molecular complexity index is 2460. The van der Waals surface area contributed by atoms with Crippen LogP contribution in [-0.4, -0.2) is 336 Å². The first-order valence-electron chi connectivity index (χ1n) is 40.7. The highest BCUT2D eigenvalue weighted by Crippen LogP contribution is 2.45. The highest BCUT2D eigenvalue weighted by Gasteiger charge is 2.29. The maximum absolute atomic E-state index is 11.3. The molecule has 27 nitrogen and oxygen atoms in total. The zero-order valence-electron chi connectivity index (χ0n) is 69.3. The number of ether oxygens (including phenoxy) is 26. The molecule has 0 saturated carbocycles. The van der Waals surface area contributed by atoms with Gasteiger partial charge in [0.1, 0.15) is 19.0 Å². The lowest BCUT2D eigenvalue weighted by molar-refractivity contribution is -0.140. The lowest BCUT2D eigenvalue weighted by atomic mass is 9.74. The minimum absolute atomic E-state index is 0.142.